The molecule has 1 fully saturated rings. The van der Waals surface area contributed by atoms with Crippen LogP contribution in [0.2, 0.25) is 0 Å². The van der Waals surface area contributed by atoms with E-state index >= 15 is 0 Å². The number of anilines is 1. The van der Waals surface area contributed by atoms with Crippen molar-refractivity contribution in [1.82, 2.24) is 4.90 Å². The number of primary sulfonamides is 1. The highest BCUT2D eigenvalue weighted by Gasteiger charge is 2.33. The van der Waals surface area contributed by atoms with E-state index in [9.17, 15) is 13.2 Å². The van der Waals surface area contributed by atoms with Gasteiger partial charge in [-0.1, -0.05) is 6.07 Å². The third kappa shape index (κ3) is 4.09. The van der Waals surface area contributed by atoms with Gasteiger partial charge in [0.15, 0.2) is 0 Å². The van der Waals surface area contributed by atoms with Gasteiger partial charge in [0.25, 0.3) is 0 Å². The van der Waals surface area contributed by atoms with E-state index in [0.717, 1.165) is 19.4 Å². The highest BCUT2D eigenvalue weighted by molar-refractivity contribution is 7.89. The van der Waals surface area contributed by atoms with Gasteiger partial charge in [-0.05, 0) is 62.0 Å². The van der Waals surface area contributed by atoms with Crippen LogP contribution in [0.3, 0.4) is 0 Å². The molecule has 0 saturated carbocycles. The number of rotatable bonds is 5. The number of benzene rings is 1. The Hall–Kier alpha value is -1.74. The number of nitrogens with zero attached hydrogens (tertiary/aromatic N) is 1. The molecule has 2 atom stereocenters. The van der Waals surface area contributed by atoms with E-state index in [1.54, 1.807) is 23.5 Å². The number of amides is 1. The van der Waals surface area contributed by atoms with Crippen molar-refractivity contribution < 1.29 is 13.2 Å². The van der Waals surface area contributed by atoms with Gasteiger partial charge in [0.05, 0.1) is 10.9 Å². The largest absolute Gasteiger partial charge is 0.325 e. The van der Waals surface area contributed by atoms with Crippen LogP contribution >= 0.6 is 11.3 Å². The van der Waals surface area contributed by atoms with Gasteiger partial charge >= 0.3 is 0 Å². The molecule has 1 aliphatic heterocycles. The molecule has 6 nitrogen and oxygen atoms in total. The molecule has 1 saturated heterocycles. The number of carbonyl (C=O) groups is 1. The van der Waals surface area contributed by atoms with Crippen LogP contribution in [0.1, 0.15) is 30.7 Å². The van der Waals surface area contributed by atoms with Crippen LogP contribution in [-0.4, -0.2) is 31.8 Å². The summed E-state index contributed by atoms with van der Waals surface area (Å²) < 4.78 is 22.6. The van der Waals surface area contributed by atoms with E-state index < -0.39 is 10.0 Å². The Balaban J connectivity index is 1.68. The van der Waals surface area contributed by atoms with Crippen LogP contribution in [0.25, 0.3) is 0 Å². The number of nitrogens with one attached hydrogen (secondary N) is 1. The standard InChI is InChI=1S/C17H21N3O3S2/c1-12(20-10-2-4-15(20)16-5-3-11-24-16)17(21)19-13-6-8-14(9-7-13)25(18,22)23/h3,5-9,11-12,15H,2,4,10H2,1H3,(H,19,21)(H2,18,22,23)/t12-,15-/m1/s1. The predicted octanol–water partition coefficient (Wildman–Crippen LogP) is 2.56. The van der Waals surface area contributed by atoms with Crippen molar-refractivity contribution in [2.45, 2.75) is 36.7 Å². The number of hydrogen-bond acceptors (Lipinski definition) is 5. The fourth-order valence-corrected chi connectivity index (χ4v) is 4.56. The molecule has 0 unspecified atom stereocenters. The molecule has 25 heavy (non-hydrogen) atoms. The Morgan fingerprint density at radius 1 is 1.32 bits per heavy atom. The Morgan fingerprint density at radius 3 is 2.64 bits per heavy atom. The van der Waals surface area contributed by atoms with E-state index in [4.69, 9.17) is 5.14 Å². The Labute approximate surface area is 151 Å². The summed E-state index contributed by atoms with van der Waals surface area (Å²) in [5.41, 5.74) is 0.552. The Kier molecular flexibility index (Phi) is 5.24. The first-order chi connectivity index (χ1) is 11.9. The predicted molar refractivity (Wildman–Crippen MR) is 98.9 cm³/mol. The molecular formula is C17H21N3O3S2. The number of thiophene rings is 1. The quantitative estimate of drug-likeness (QED) is 0.835. The first kappa shape index (κ1) is 18.1. The monoisotopic (exact) mass is 379 g/mol. The molecule has 0 radical (unpaired) electrons. The summed E-state index contributed by atoms with van der Waals surface area (Å²) in [6.07, 6.45) is 2.13. The van der Waals surface area contributed by atoms with E-state index in [2.05, 4.69) is 21.7 Å². The van der Waals surface area contributed by atoms with E-state index in [0.29, 0.717) is 5.69 Å². The number of nitrogens with two attached hydrogens (primary N) is 1. The summed E-state index contributed by atoms with van der Waals surface area (Å²) >= 11 is 1.72. The Morgan fingerprint density at radius 2 is 2.04 bits per heavy atom. The van der Waals surface area contributed by atoms with Crippen LogP contribution in [0.15, 0.2) is 46.7 Å². The molecule has 0 bridgehead atoms. The van der Waals surface area contributed by atoms with Crippen LogP contribution in [0.4, 0.5) is 5.69 Å². The van der Waals surface area contributed by atoms with Gasteiger partial charge in [0.1, 0.15) is 0 Å². The fraction of sp³-hybridized carbons (Fsp3) is 0.353. The first-order valence-corrected chi connectivity index (χ1v) is 10.5. The number of likely N-dealkylation sites (tertiary alicyclic amines) is 1. The fourth-order valence-electron chi connectivity index (χ4n) is 3.16. The van der Waals surface area contributed by atoms with Gasteiger partial charge in [-0.3, -0.25) is 9.69 Å². The van der Waals surface area contributed by atoms with Gasteiger partial charge < -0.3 is 5.32 Å². The van der Waals surface area contributed by atoms with Crippen LogP contribution in [0.5, 0.6) is 0 Å². The van der Waals surface area contributed by atoms with Crippen LogP contribution in [0, 0.1) is 0 Å². The van der Waals surface area contributed by atoms with E-state index in [-0.39, 0.29) is 22.9 Å². The van der Waals surface area contributed by atoms with Gasteiger partial charge in [-0.15, -0.1) is 11.3 Å². The lowest BCUT2D eigenvalue weighted by molar-refractivity contribution is -0.121. The second-order valence-corrected chi connectivity index (χ2v) is 8.69. The number of hydrogen-bond donors (Lipinski definition) is 2. The van der Waals surface area contributed by atoms with Gasteiger partial charge in [-0.2, -0.15) is 0 Å². The van der Waals surface area contributed by atoms with Crippen molar-refractivity contribution in [2.24, 2.45) is 5.14 Å². The maximum atomic E-state index is 12.6. The maximum Gasteiger partial charge on any atom is 0.241 e. The molecule has 0 spiro atoms. The SMILES string of the molecule is C[C@H](C(=O)Nc1ccc(S(N)(=O)=O)cc1)N1CCC[C@@H]1c1cccs1. The molecule has 8 heteroatoms. The van der Waals surface area contributed by atoms with Crippen molar-refractivity contribution in [2.75, 3.05) is 11.9 Å². The topological polar surface area (TPSA) is 92.5 Å². The van der Waals surface area contributed by atoms with Crippen molar-refractivity contribution in [3.05, 3.63) is 46.7 Å². The second kappa shape index (κ2) is 7.25. The molecule has 2 heterocycles. The maximum absolute atomic E-state index is 12.6. The smallest absolute Gasteiger partial charge is 0.241 e. The molecular weight excluding hydrogens is 358 g/mol. The van der Waals surface area contributed by atoms with Gasteiger partial charge in [0.2, 0.25) is 15.9 Å². The summed E-state index contributed by atoms with van der Waals surface area (Å²) in [6.45, 7) is 2.79. The molecule has 134 valence electrons. The van der Waals surface area contributed by atoms with Crippen LogP contribution in [-0.2, 0) is 14.8 Å². The highest BCUT2D eigenvalue weighted by Crippen LogP contribution is 2.36. The molecule has 3 rings (SSSR count). The third-order valence-electron chi connectivity index (χ3n) is 4.49. The van der Waals surface area contributed by atoms with Gasteiger partial charge in [-0.25, -0.2) is 13.6 Å². The highest BCUT2D eigenvalue weighted by atomic mass is 32.2. The minimum atomic E-state index is -3.73. The summed E-state index contributed by atoms with van der Waals surface area (Å²) in [6, 6.07) is 10.0. The second-order valence-electron chi connectivity index (χ2n) is 6.15. The number of sulfonamides is 1. The lowest BCUT2D eigenvalue weighted by Gasteiger charge is -2.29. The summed E-state index contributed by atoms with van der Waals surface area (Å²) in [5.74, 6) is -0.105. The van der Waals surface area contributed by atoms with E-state index in [1.807, 2.05) is 13.0 Å². The molecule has 3 N–H and O–H groups in total. The zero-order valence-electron chi connectivity index (χ0n) is 13.9. The van der Waals surface area contributed by atoms with Crippen LogP contribution < -0.4 is 10.5 Å². The summed E-state index contributed by atoms with van der Waals surface area (Å²) in [4.78, 5) is 16.1. The lowest BCUT2D eigenvalue weighted by atomic mass is 10.1. The molecule has 2 aromatic rings. The van der Waals surface area contributed by atoms with Crippen molar-refractivity contribution in [3.63, 3.8) is 0 Å². The van der Waals surface area contributed by atoms with Gasteiger partial charge in [0, 0.05) is 16.6 Å². The Bertz CT molecular complexity index is 833. The summed E-state index contributed by atoms with van der Waals surface area (Å²) in [5, 5.41) is 9.99. The minimum absolute atomic E-state index is 0.0239. The van der Waals surface area contributed by atoms with E-state index in [1.165, 1.54) is 17.0 Å². The zero-order chi connectivity index (χ0) is 18.0. The first-order valence-electron chi connectivity index (χ1n) is 8.09. The molecule has 1 aliphatic rings. The lowest BCUT2D eigenvalue weighted by Crippen LogP contribution is -2.41. The molecule has 1 amide bonds. The van der Waals surface area contributed by atoms with Crippen molar-refractivity contribution in [3.8, 4) is 0 Å². The van der Waals surface area contributed by atoms with Crippen molar-refractivity contribution >= 4 is 33.0 Å². The number of carbonyl (C=O) groups excluding carboxylic acids is 1. The average Bonchev–Trinajstić information content (AvgIpc) is 3.24. The minimum Gasteiger partial charge on any atom is -0.325 e. The molecule has 1 aromatic carbocycles. The zero-order valence-corrected chi connectivity index (χ0v) is 15.5. The summed E-state index contributed by atoms with van der Waals surface area (Å²) in [7, 11) is -3.73. The molecule has 0 aliphatic carbocycles. The normalized spacial score (nSPS) is 19.7. The van der Waals surface area contributed by atoms with Crippen molar-refractivity contribution in [1.29, 1.82) is 0 Å². The third-order valence-corrected chi connectivity index (χ3v) is 6.40. The average molecular weight is 380 g/mol. The molecule has 1 aromatic heterocycles.